The maximum atomic E-state index is 12.4. The predicted octanol–water partition coefficient (Wildman–Crippen LogP) is 3.14. The number of esters is 1. The Hall–Kier alpha value is -2.27. The predicted molar refractivity (Wildman–Crippen MR) is 81.5 cm³/mol. The number of ether oxygens (including phenoxy) is 1. The second-order valence-corrected chi connectivity index (χ2v) is 5.09. The average Bonchev–Trinajstić information content (AvgIpc) is 3.06. The smallest absolute Gasteiger partial charge is 0.307 e. The Morgan fingerprint density at radius 1 is 1.23 bits per heavy atom. The van der Waals surface area contributed by atoms with E-state index in [0.717, 1.165) is 5.56 Å². The fourth-order valence-corrected chi connectivity index (χ4v) is 2.07. The molecule has 0 unspecified atom stereocenters. The van der Waals surface area contributed by atoms with E-state index in [1.807, 2.05) is 12.1 Å². The molecule has 0 spiro atoms. The van der Waals surface area contributed by atoms with Crippen LogP contribution in [-0.4, -0.2) is 30.4 Å². The number of carbonyl (C=O) groups excluding carboxylic acids is 2. The maximum Gasteiger partial charge on any atom is 0.307 e. The summed E-state index contributed by atoms with van der Waals surface area (Å²) in [6, 6.07) is 10.4. The Labute approximate surface area is 133 Å². The van der Waals surface area contributed by atoms with Gasteiger partial charge in [0.15, 0.2) is 5.76 Å². The van der Waals surface area contributed by atoms with Crippen LogP contribution in [0.5, 0.6) is 0 Å². The highest BCUT2D eigenvalue weighted by Gasteiger charge is 2.19. The molecular weight excluding hydrogens is 306 g/mol. The molecule has 1 aromatic heterocycles. The van der Waals surface area contributed by atoms with Crippen molar-refractivity contribution in [1.82, 2.24) is 4.90 Å². The van der Waals surface area contributed by atoms with Crippen LogP contribution in [0.15, 0.2) is 47.1 Å². The van der Waals surface area contributed by atoms with Gasteiger partial charge in [-0.25, -0.2) is 0 Å². The minimum atomic E-state index is -0.367. The normalized spacial score (nSPS) is 10.3. The number of methoxy groups -OCH3 is 1. The second kappa shape index (κ2) is 7.66. The average molecular weight is 322 g/mol. The lowest BCUT2D eigenvalue weighted by atomic mass is 10.2. The first-order chi connectivity index (χ1) is 10.6. The van der Waals surface area contributed by atoms with Crippen LogP contribution in [0.3, 0.4) is 0 Å². The summed E-state index contributed by atoms with van der Waals surface area (Å²) in [6.07, 6.45) is 1.56. The Balaban J connectivity index is 2.11. The zero-order valence-electron chi connectivity index (χ0n) is 12.1. The van der Waals surface area contributed by atoms with Crippen molar-refractivity contribution in [2.24, 2.45) is 0 Å². The summed E-state index contributed by atoms with van der Waals surface area (Å²) < 4.78 is 9.76. The van der Waals surface area contributed by atoms with E-state index in [2.05, 4.69) is 4.74 Å². The van der Waals surface area contributed by atoms with Gasteiger partial charge in [-0.15, -0.1) is 0 Å². The zero-order chi connectivity index (χ0) is 15.9. The molecule has 1 aromatic carbocycles. The van der Waals surface area contributed by atoms with Crippen molar-refractivity contribution in [3.05, 3.63) is 59.0 Å². The highest BCUT2D eigenvalue weighted by molar-refractivity contribution is 6.30. The molecular formula is C16H16ClNO4. The summed E-state index contributed by atoms with van der Waals surface area (Å²) in [7, 11) is 1.32. The van der Waals surface area contributed by atoms with Crippen molar-refractivity contribution >= 4 is 23.5 Å². The number of amides is 1. The molecule has 0 saturated carbocycles. The third kappa shape index (κ3) is 4.36. The summed E-state index contributed by atoms with van der Waals surface area (Å²) in [4.78, 5) is 25.3. The maximum absolute atomic E-state index is 12.4. The Bertz CT molecular complexity index is 622. The summed E-state index contributed by atoms with van der Waals surface area (Å²) in [6.45, 7) is 0.600. The molecule has 0 bridgehead atoms. The summed E-state index contributed by atoms with van der Waals surface area (Å²) in [5.74, 6) is -0.406. The lowest BCUT2D eigenvalue weighted by Crippen LogP contribution is -2.32. The van der Waals surface area contributed by atoms with Crippen LogP contribution in [0, 0.1) is 0 Å². The quantitative estimate of drug-likeness (QED) is 0.767. The summed E-state index contributed by atoms with van der Waals surface area (Å²) >= 11 is 5.86. The minimum absolute atomic E-state index is 0.122. The van der Waals surface area contributed by atoms with Gasteiger partial charge in [0.05, 0.1) is 19.8 Å². The number of hydrogen-bond acceptors (Lipinski definition) is 4. The number of furan rings is 1. The first-order valence-electron chi connectivity index (χ1n) is 6.74. The van der Waals surface area contributed by atoms with Gasteiger partial charge in [-0.1, -0.05) is 23.7 Å². The van der Waals surface area contributed by atoms with Crippen LogP contribution in [0.4, 0.5) is 0 Å². The molecule has 0 radical (unpaired) electrons. The van der Waals surface area contributed by atoms with Crippen molar-refractivity contribution in [3.63, 3.8) is 0 Å². The molecule has 1 heterocycles. The van der Waals surface area contributed by atoms with Gasteiger partial charge in [0, 0.05) is 18.1 Å². The number of rotatable bonds is 6. The van der Waals surface area contributed by atoms with Gasteiger partial charge in [-0.2, -0.15) is 0 Å². The van der Waals surface area contributed by atoms with E-state index < -0.39 is 0 Å². The first-order valence-corrected chi connectivity index (χ1v) is 7.12. The van der Waals surface area contributed by atoms with E-state index in [4.69, 9.17) is 16.0 Å². The monoisotopic (exact) mass is 321 g/mol. The Morgan fingerprint density at radius 3 is 2.55 bits per heavy atom. The van der Waals surface area contributed by atoms with Crippen LogP contribution in [0.1, 0.15) is 22.5 Å². The van der Waals surface area contributed by atoms with Crippen LogP contribution in [0.2, 0.25) is 5.02 Å². The highest BCUT2D eigenvalue weighted by Crippen LogP contribution is 2.14. The van der Waals surface area contributed by atoms with Crippen molar-refractivity contribution in [2.45, 2.75) is 13.0 Å². The fourth-order valence-electron chi connectivity index (χ4n) is 1.95. The van der Waals surface area contributed by atoms with E-state index in [1.165, 1.54) is 13.4 Å². The summed E-state index contributed by atoms with van der Waals surface area (Å²) in [5.41, 5.74) is 0.911. The van der Waals surface area contributed by atoms with Gasteiger partial charge >= 0.3 is 5.97 Å². The van der Waals surface area contributed by atoms with Gasteiger partial charge in [-0.3, -0.25) is 9.59 Å². The van der Waals surface area contributed by atoms with Crippen LogP contribution >= 0.6 is 11.6 Å². The lowest BCUT2D eigenvalue weighted by molar-refractivity contribution is -0.140. The number of benzene rings is 1. The molecule has 0 atom stereocenters. The molecule has 116 valence electrons. The number of halogens is 1. The van der Waals surface area contributed by atoms with Gasteiger partial charge in [-0.05, 0) is 29.8 Å². The van der Waals surface area contributed by atoms with E-state index in [9.17, 15) is 9.59 Å². The molecule has 2 aromatic rings. The number of carbonyl (C=O) groups is 2. The van der Waals surface area contributed by atoms with Crippen molar-refractivity contribution in [3.8, 4) is 0 Å². The standard InChI is InChI=1S/C16H16ClNO4/c1-21-15(19)8-9-18(16(20)14-3-2-10-22-14)11-12-4-6-13(17)7-5-12/h2-7,10H,8-9,11H2,1H3. The molecule has 22 heavy (non-hydrogen) atoms. The zero-order valence-corrected chi connectivity index (χ0v) is 12.9. The van der Waals surface area contributed by atoms with Crippen molar-refractivity contribution in [2.75, 3.05) is 13.7 Å². The van der Waals surface area contributed by atoms with E-state index in [1.54, 1.807) is 29.2 Å². The summed E-state index contributed by atoms with van der Waals surface area (Å²) in [5, 5.41) is 0.627. The molecule has 5 nitrogen and oxygen atoms in total. The van der Waals surface area contributed by atoms with Gasteiger partial charge in [0.25, 0.3) is 5.91 Å². The molecule has 0 fully saturated rings. The highest BCUT2D eigenvalue weighted by atomic mass is 35.5. The first kappa shape index (κ1) is 16.1. The van der Waals surface area contributed by atoms with Crippen LogP contribution in [-0.2, 0) is 16.1 Å². The van der Waals surface area contributed by atoms with Crippen molar-refractivity contribution in [1.29, 1.82) is 0 Å². The van der Waals surface area contributed by atoms with E-state index >= 15 is 0 Å². The Morgan fingerprint density at radius 2 is 1.95 bits per heavy atom. The van der Waals surface area contributed by atoms with Crippen LogP contribution < -0.4 is 0 Å². The largest absolute Gasteiger partial charge is 0.469 e. The third-order valence-corrected chi connectivity index (χ3v) is 3.37. The molecule has 1 amide bonds. The van der Waals surface area contributed by atoms with Gasteiger partial charge in [0.2, 0.25) is 0 Å². The van der Waals surface area contributed by atoms with Gasteiger partial charge < -0.3 is 14.1 Å². The minimum Gasteiger partial charge on any atom is -0.469 e. The van der Waals surface area contributed by atoms with Gasteiger partial charge in [0.1, 0.15) is 0 Å². The second-order valence-electron chi connectivity index (χ2n) is 4.66. The topological polar surface area (TPSA) is 59.8 Å². The van der Waals surface area contributed by atoms with E-state index in [0.29, 0.717) is 11.6 Å². The molecule has 0 N–H and O–H groups in total. The SMILES string of the molecule is COC(=O)CCN(Cc1ccc(Cl)cc1)C(=O)c1ccco1. The molecule has 2 rings (SSSR count). The lowest BCUT2D eigenvalue weighted by Gasteiger charge is -2.21. The molecule has 0 aliphatic carbocycles. The number of hydrogen-bond donors (Lipinski definition) is 0. The molecule has 0 aliphatic rings. The third-order valence-electron chi connectivity index (χ3n) is 3.12. The van der Waals surface area contributed by atoms with Crippen molar-refractivity contribution < 1.29 is 18.7 Å². The molecule has 6 heteroatoms. The number of nitrogens with zero attached hydrogens (tertiary/aromatic N) is 1. The fraction of sp³-hybridized carbons (Fsp3) is 0.250. The molecule has 0 aliphatic heterocycles. The Kier molecular flexibility index (Phi) is 5.61. The molecule has 0 saturated heterocycles. The van der Waals surface area contributed by atoms with Crippen LogP contribution in [0.25, 0.3) is 0 Å². The van der Waals surface area contributed by atoms with E-state index in [-0.39, 0.29) is 30.6 Å².